The average molecular weight is 402 g/mol. The number of nitrogens with one attached hydrogen (secondary N) is 2. The minimum Gasteiger partial charge on any atom is -0.326 e. The van der Waals surface area contributed by atoms with E-state index in [-0.39, 0.29) is 28.5 Å². The van der Waals surface area contributed by atoms with Crippen LogP contribution in [0.25, 0.3) is 5.69 Å². The number of anilines is 2. The highest BCUT2D eigenvalue weighted by Crippen LogP contribution is 2.24. The van der Waals surface area contributed by atoms with Gasteiger partial charge in [-0.3, -0.25) is 9.59 Å². The summed E-state index contributed by atoms with van der Waals surface area (Å²) in [5.74, 6) is -3.27. The van der Waals surface area contributed by atoms with Gasteiger partial charge in [-0.05, 0) is 44.2 Å². The molecule has 0 aliphatic carbocycles. The molecule has 6 nitrogen and oxygen atoms in total. The summed E-state index contributed by atoms with van der Waals surface area (Å²) >= 11 is 0. The van der Waals surface area contributed by atoms with Gasteiger partial charge in [0.2, 0.25) is 5.91 Å². The van der Waals surface area contributed by atoms with Crippen LogP contribution < -0.4 is 10.6 Å². The lowest BCUT2D eigenvalue weighted by molar-refractivity contribution is -0.114. The van der Waals surface area contributed by atoms with E-state index >= 15 is 0 Å². The summed E-state index contributed by atoms with van der Waals surface area (Å²) in [6, 6.07) is 6.76. The Morgan fingerprint density at radius 2 is 1.69 bits per heavy atom. The van der Waals surface area contributed by atoms with Crippen molar-refractivity contribution in [1.82, 2.24) is 9.78 Å². The number of aryl methyl sites for hydroxylation is 1. The summed E-state index contributed by atoms with van der Waals surface area (Å²) in [4.78, 5) is 23.9. The van der Waals surface area contributed by atoms with E-state index in [9.17, 15) is 22.8 Å². The second-order valence-corrected chi connectivity index (χ2v) is 6.38. The van der Waals surface area contributed by atoms with Crippen molar-refractivity contribution in [3.8, 4) is 5.69 Å². The van der Waals surface area contributed by atoms with Gasteiger partial charge < -0.3 is 10.6 Å². The number of carbonyl (C=O) groups is 2. The highest BCUT2D eigenvalue weighted by molar-refractivity contribution is 6.06. The lowest BCUT2D eigenvalue weighted by Crippen LogP contribution is -2.16. The molecular formula is C20H17F3N4O2. The molecule has 0 fully saturated rings. The Balaban J connectivity index is 1.95. The highest BCUT2D eigenvalue weighted by atomic mass is 19.1. The van der Waals surface area contributed by atoms with Gasteiger partial charge in [0.15, 0.2) is 5.82 Å². The van der Waals surface area contributed by atoms with Crippen molar-refractivity contribution >= 4 is 23.2 Å². The van der Waals surface area contributed by atoms with Crippen LogP contribution in [0.4, 0.5) is 24.5 Å². The van der Waals surface area contributed by atoms with Crippen LogP contribution in [-0.4, -0.2) is 21.6 Å². The van der Waals surface area contributed by atoms with E-state index in [1.54, 1.807) is 13.8 Å². The van der Waals surface area contributed by atoms with Gasteiger partial charge in [-0.2, -0.15) is 5.10 Å². The molecule has 0 saturated heterocycles. The monoisotopic (exact) mass is 402 g/mol. The molecule has 2 N–H and O–H groups in total. The van der Waals surface area contributed by atoms with Crippen molar-refractivity contribution in [2.24, 2.45) is 0 Å². The van der Waals surface area contributed by atoms with Crippen molar-refractivity contribution in [1.29, 1.82) is 0 Å². The van der Waals surface area contributed by atoms with Gasteiger partial charge in [-0.1, -0.05) is 0 Å². The lowest BCUT2D eigenvalue weighted by atomic mass is 10.1. The summed E-state index contributed by atoms with van der Waals surface area (Å²) in [5.41, 5.74) is 0.849. The summed E-state index contributed by atoms with van der Waals surface area (Å²) in [7, 11) is 0. The first-order valence-electron chi connectivity index (χ1n) is 8.57. The van der Waals surface area contributed by atoms with Crippen molar-refractivity contribution in [3.63, 3.8) is 0 Å². The van der Waals surface area contributed by atoms with Crippen LogP contribution in [0.15, 0.2) is 36.4 Å². The molecule has 0 radical (unpaired) electrons. The third kappa shape index (κ3) is 4.13. The molecule has 0 atom stereocenters. The Kier molecular flexibility index (Phi) is 5.40. The molecule has 0 saturated carbocycles. The molecule has 0 spiro atoms. The van der Waals surface area contributed by atoms with Crippen LogP contribution in [0.2, 0.25) is 0 Å². The molecule has 0 bridgehead atoms. The second-order valence-electron chi connectivity index (χ2n) is 6.38. The topological polar surface area (TPSA) is 76.0 Å². The zero-order valence-electron chi connectivity index (χ0n) is 15.8. The van der Waals surface area contributed by atoms with Crippen LogP contribution >= 0.6 is 0 Å². The van der Waals surface area contributed by atoms with Gasteiger partial charge in [0, 0.05) is 18.7 Å². The van der Waals surface area contributed by atoms with Gasteiger partial charge in [-0.15, -0.1) is 0 Å². The highest BCUT2D eigenvalue weighted by Gasteiger charge is 2.22. The molecule has 3 rings (SSSR count). The van der Waals surface area contributed by atoms with Crippen LogP contribution in [-0.2, 0) is 4.79 Å². The van der Waals surface area contributed by atoms with Crippen molar-refractivity contribution in [3.05, 3.63) is 70.8 Å². The van der Waals surface area contributed by atoms with Gasteiger partial charge >= 0.3 is 0 Å². The zero-order valence-corrected chi connectivity index (χ0v) is 15.8. The maximum absolute atomic E-state index is 14.1. The van der Waals surface area contributed by atoms with E-state index in [0.717, 1.165) is 12.1 Å². The summed E-state index contributed by atoms with van der Waals surface area (Å²) in [6.45, 7) is 4.39. The first-order valence-corrected chi connectivity index (χ1v) is 8.57. The predicted molar refractivity (Wildman–Crippen MR) is 102 cm³/mol. The number of rotatable bonds is 4. The summed E-state index contributed by atoms with van der Waals surface area (Å²) in [6.07, 6.45) is 0. The van der Waals surface area contributed by atoms with Crippen LogP contribution in [0.3, 0.4) is 0 Å². The van der Waals surface area contributed by atoms with Crippen LogP contribution in [0, 0.1) is 31.3 Å². The SMILES string of the molecule is CC(=O)Nc1ccc(F)c(NC(=O)c2c(C)nn(-c3ccc(F)cc3F)c2C)c1. The molecule has 2 aromatic carbocycles. The normalized spacial score (nSPS) is 10.7. The van der Waals surface area contributed by atoms with Gasteiger partial charge in [-0.25, -0.2) is 17.9 Å². The minimum atomic E-state index is -0.836. The van der Waals surface area contributed by atoms with Gasteiger partial charge in [0.25, 0.3) is 5.91 Å². The molecule has 3 aromatic rings. The molecule has 2 amide bonds. The van der Waals surface area contributed by atoms with Gasteiger partial charge in [0.05, 0.1) is 22.6 Å². The summed E-state index contributed by atoms with van der Waals surface area (Å²) < 4.78 is 42.6. The van der Waals surface area contributed by atoms with E-state index in [4.69, 9.17) is 0 Å². The van der Waals surface area contributed by atoms with E-state index in [1.807, 2.05) is 0 Å². The largest absolute Gasteiger partial charge is 0.326 e. The van der Waals surface area contributed by atoms with Crippen molar-refractivity contribution in [2.45, 2.75) is 20.8 Å². The minimum absolute atomic E-state index is 0.0233. The quantitative estimate of drug-likeness (QED) is 0.689. The number of hydrogen-bond acceptors (Lipinski definition) is 3. The number of carbonyl (C=O) groups excluding carboxylic acids is 2. The third-order valence-corrected chi connectivity index (χ3v) is 4.19. The first-order chi connectivity index (χ1) is 13.7. The zero-order chi connectivity index (χ0) is 21.3. The number of benzene rings is 2. The molecule has 0 aliphatic heterocycles. The maximum atomic E-state index is 14.1. The molecule has 9 heteroatoms. The van der Waals surface area contributed by atoms with E-state index in [1.165, 1.54) is 29.8 Å². The average Bonchev–Trinajstić information content (AvgIpc) is 2.91. The first kappa shape index (κ1) is 20.1. The van der Waals surface area contributed by atoms with E-state index < -0.39 is 23.4 Å². The fourth-order valence-corrected chi connectivity index (χ4v) is 2.95. The van der Waals surface area contributed by atoms with Gasteiger partial charge in [0.1, 0.15) is 17.3 Å². The second kappa shape index (κ2) is 7.78. The molecule has 29 heavy (non-hydrogen) atoms. The maximum Gasteiger partial charge on any atom is 0.259 e. The Labute approximate surface area is 164 Å². The number of aromatic nitrogens is 2. The molecule has 150 valence electrons. The van der Waals surface area contributed by atoms with E-state index in [0.29, 0.717) is 17.4 Å². The Hall–Kier alpha value is -3.62. The number of hydrogen-bond donors (Lipinski definition) is 2. The number of halogens is 3. The molecule has 0 aliphatic rings. The lowest BCUT2D eigenvalue weighted by Gasteiger charge is -2.10. The van der Waals surface area contributed by atoms with Crippen LogP contribution in [0.5, 0.6) is 0 Å². The van der Waals surface area contributed by atoms with Crippen molar-refractivity contribution in [2.75, 3.05) is 10.6 Å². The number of amides is 2. The smallest absolute Gasteiger partial charge is 0.259 e. The third-order valence-electron chi connectivity index (χ3n) is 4.19. The fraction of sp³-hybridized carbons (Fsp3) is 0.150. The van der Waals surface area contributed by atoms with E-state index in [2.05, 4.69) is 15.7 Å². The fourth-order valence-electron chi connectivity index (χ4n) is 2.95. The predicted octanol–water partition coefficient (Wildman–Crippen LogP) is 4.12. The Morgan fingerprint density at radius 1 is 0.966 bits per heavy atom. The molecule has 1 heterocycles. The van der Waals surface area contributed by atoms with Crippen molar-refractivity contribution < 1.29 is 22.8 Å². The molecular weight excluding hydrogens is 385 g/mol. The molecule has 0 unspecified atom stereocenters. The van der Waals surface area contributed by atoms with Crippen LogP contribution in [0.1, 0.15) is 28.7 Å². The number of nitrogens with zero attached hydrogens (tertiary/aromatic N) is 2. The Morgan fingerprint density at radius 3 is 2.34 bits per heavy atom. The Bertz CT molecular complexity index is 1130. The standard InChI is InChI=1S/C20H17F3N4O2/c1-10-19(11(2)27(26-10)18-7-4-13(21)8-16(18)23)20(29)25-17-9-14(24-12(3)28)5-6-15(17)22/h4-9H,1-3H3,(H,24,28)(H,25,29). The summed E-state index contributed by atoms with van der Waals surface area (Å²) in [5, 5.41) is 9.09. The molecule has 1 aromatic heterocycles.